The van der Waals surface area contributed by atoms with Crippen LogP contribution >= 0.6 is 0 Å². The van der Waals surface area contributed by atoms with Crippen LogP contribution in [0.4, 0.5) is 0 Å². The molecule has 2 rings (SSSR count). The van der Waals surface area contributed by atoms with Gasteiger partial charge in [0, 0.05) is 23.6 Å². The second kappa shape index (κ2) is 9.03. The Balaban J connectivity index is 0.00000220. The number of aliphatic imine (C=N–C) groups is 2. The average molecular weight is 334 g/mol. The summed E-state index contributed by atoms with van der Waals surface area (Å²) in [6.45, 7) is 1.05. The standard InChI is InChI=1S/C16H16N2O2.Zn/c19-15-7-3-1-5-13(15)11-17-9-10-18-12-14-6-2-4-8-16(14)20;/h1-8,11-12,19-20H,9-10H2;/q;+2. The van der Waals surface area contributed by atoms with E-state index in [1.165, 1.54) is 0 Å². The number of hydrogen-bond donors (Lipinski definition) is 2. The molecule has 5 heteroatoms. The van der Waals surface area contributed by atoms with E-state index in [0.717, 1.165) is 0 Å². The Hall–Kier alpha value is -2.00. The molecule has 0 fully saturated rings. The van der Waals surface area contributed by atoms with E-state index in [2.05, 4.69) is 9.98 Å². The van der Waals surface area contributed by atoms with Crippen molar-refractivity contribution < 1.29 is 29.7 Å². The van der Waals surface area contributed by atoms with Gasteiger partial charge in [-0.15, -0.1) is 0 Å². The number of phenolic OH excluding ortho intramolecular Hbond substituents is 2. The Bertz CT molecular complexity index is 572. The van der Waals surface area contributed by atoms with Crippen LogP contribution in [-0.4, -0.2) is 35.7 Å². The molecule has 0 bridgehead atoms. The van der Waals surface area contributed by atoms with E-state index in [1.807, 2.05) is 12.1 Å². The summed E-state index contributed by atoms with van der Waals surface area (Å²) in [6, 6.07) is 14.1. The number of benzene rings is 2. The van der Waals surface area contributed by atoms with Gasteiger partial charge >= 0.3 is 19.5 Å². The number of phenols is 2. The third kappa shape index (κ3) is 5.48. The van der Waals surface area contributed by atoms with Gasteiger partial charge in [0.05, 0.1) is 13.1 Å². The summed E-state index contributed by atoms with van der Waals surface area (Å²) in [7, 11) is 0. The summed E-state index contributed by atoms with van der Waals surface area (Å²) in [5.41, 5.74) is 1.38. The summed E-state index contributed by atoms with van der Waals surface area (Å²) >= 11 is 0. The molecule has 0 aromatic heterocycles. The van der Waals surface area contributed by atoms with Crippen LogP contribution in [0.1, 0.15) is 11.1 Å². The Morgan fingerprint density at radius 3 is 1.48 bits per heavy atom. The molecule has 0 saturated carbocycles. The van der Waals surface area contributed by atoms with E-state index in [4.69, 9.17) is 0 Å². The minimum Gasteiger partial charge on any atom is -0.507 e. The van der Waals surface area contributed by atoms with E-state index in [-0.39, 0.29) is 31.0 Å². The van der Waals surface area contributed by atoms with E-state index in [0.29, 0.717) is 24.2 Å². The van der Waals surface area contributed by atoms with Crippen molar-refractivity contribution in [3.05, 3.63) is 59.7 Å². The van der Waals surface area contributed by atoms with E-state index in [9.17, 15) is 10.2 Å². The maximum Gasteiger partial charge on any atom is 2.00 e. The van der Waals surface area contributed by atoms with Gasteiger partial charge in [-0.25, -0.2) is 0 Å². The molecule has 0 unspecified atom stereocenters. The Morgan fingerprint density at radius 1 is 0.714 bits per heavy atom. The van der Waals surface area contributed by atoms with Crippen molar-refractivity contribution >= 4 is 12.4 Å². The zero-order valence-corrected chi connectivity index (χ0v) is 14.7. The molecule has 0 aliphatic rings. The minimum atomic E-state index is 0. The number of rotatable bonds is 5. The average Bonchev–Trinajstić information content (AvgIpc) is 2.46. The van der Waals surface area contributed by atoms with Gasteiger partial charge in [-0.3, -0.25) is 9.98 Å². The third-order valence-electron chi connectivity index (χ3n) is 2.69. The summed E-state index contributed by atoms with van der Waals surface area (Å²) < 4.78 is 0. The Kier molecular flexibility index (Phi) is 7.34. The SMILES string of the molecule is Oc1ccccc1C=NCCN=Cc1ccccc1O.[Zn+2]. The number of nitrogens with zero attached hydrogens (tertiary/aromatic N) is 2. The first-order valence-corrected chi connectivity index (χ1v) is 6.33. The molecular weight excluding hydrogens is 318 g/mol. The Labute approximate surface area is 136 Å². The van der Waals surface area contributed by atoms with Crippen molar-refractivity contribution in [2.45, 2.75) is 0 Å². The monoisotopic (exact) mass is 332 g/mol. The predicted molar refractivity (Wildman–Crippen MR) is 81.1 cm³/mol. The van der Waals surface area contributed by atoms with Crippen LogP contribution in [0.5, 0.6) is 11.5 Å². The van der Waals surface area contributed by atoms with Crippen molar-refractivity contribution in [2.24, 2.45) is 9.98 Å². The van der Waals surface area contributed by atoms with Gasteiger partial charge in [-0.05, 0) is 24.3 Å². The molecule has 2 N–H and O–H groups in total. The predicted octanol–water partition coefficient (Wildman–Crippen LogP) is 2.63. The molecular formula is C16H16N2O2Zn+2. The van der Waals surface area contributed by atoms with Gasteiger partial charge in [-0.2, -0.15) is 0 Å². The fourth-order valence-electron chi connectivity index (χ4n) is 1.63. The van der Waals surface area contributed by atoms with Crippen molar-refractivity contribution in [3.63, 3.8) is 0 Å². The summed E-state index contributed by atoms with van der Waals surface area (Å²) in [4.78, 5) is 8.39. The molecule has 4 nitrogen and oxygen atoms in total. The zero-order chi connectivity index (χ0) is 14.2. The van der Waals surface area contributed by atoms with Crippen molar-refractivity contribution in [3.8, 4) is 11.5 Å². The molecule has 0 heterocycles. The first kappa shape index (κ1) is 17.1. The molecule has 0 aliphatic carbocycles. The van der Waals surface area contributed by atoms with Crippen LogP contribution in [0.15, 0.2) is 58.5 Å². The molecule has 0 amide bonds. The number of aromatic hydroxyl groups is 2. The molecule has 0 atom stereocenters. The fourth-order valence-corrected chi connectivity index (χ4v) is 1.63. The van der Waals surface area contributed by atoms with E-state index in [1.54, 1.807) is 48.8 Å². The van der Waals surface area contributed by atoms with Crippen LogP contribution in [0.3, 0.4) is 0 Å². The van der Waals surface area contributed by atoms with Crippen LogP contribution < -0.4 is 0 Å². The fraction of sp³-hybridized carbons (Fsp3) is 0.125. The van der Waals surface area contributed by atoms with Gasteiger partial charge in [0.15, 0.2) is 0 Å². The third-order valence-corrected chi connectivity index (χ3v) is 2.69. The van der Waals surface area contributed by atoms with Crippen LogP contribution in [0.25, 0.3) is 0 Å². The van der Waals surface area contributed by atoms with E-state index < -0.39 is 0 Å². The topological polar surface area (TPSA) is 65.2 Å². The molecule has 0 saturated heterocycles. The van der Waals surface area contributed by atoms with Gasteiger partial charge < -0.3 is 10.2 Å². The van der Waals surface area contributed by atoms with Crippen LogP contribution in [-0.2, 0) is 19.5 Å². The molecule has 0 spiro atoms. The minimum absolute atomic E-state index is 0. The largest absolute Gasteiger partial charge is 2.00 e. The molecule has 0 radical (unpaired) electrons. The molecule has 21 heavy (non-hydrogen) atoms. The second-order valence-electron chi connectivity index (χ2n) is 4.19. The molecule has 2 aromatic rings. The van der Waals surface area contributed by atoms with Gasteiger partial charge in [0.2, 0.25) is 0 Å². The van der Waals surface area contributed by atoms with Crippen molar-refractivity contribution in [2.75, 3.05) is 13.1 Å². The van der Waals surface area contributed by atoms with Gasteiger partial charge in [-0.1, -0.05) is 24.3 Å². The van der Waals surface area contributed by atoms with Crippen molar-refractivity contribution in [1.82, 2.24) is 0 Å². The quantitative estimate of drug-likeness (QED) is 0.502. The van der Waals surface area contributed by atoms with E-state index >= 15 is 0 Å². The summed E-state index contributed by atoms with van der Waals surface area (Å²) in [6.07, 6.45) is 3.26. The number of para-hydroxylation sites is 2. The number of hydrogen-bond acceptors (Lipinski definition) is 4. The van der Waals surface area contributed by atoms with Gasteiger partial charge in [0.25, 0.3) is 0 Å². The molecule has 0 aliphatic heterocycles. The molecule has 2 aromatic carbocycles. The zero-order valence-electron chi connectivity index (χ0n) is 11.7. The Morgan fingerprint density at radius 2 is 1.10 bits per heavy atom. The first-order chi connectivity index (χ1) is 9.77. The smallest absolute Gasteiger partial charge is 0.507 e. The van der Waals surface area contributed by atoms with Crippen LogP contribution in [0, 0.1) is 0 Å². The first-order valence-electron chi connectivity index (χ1n) is 6.33. The van der Waals surface area contributed by atoms with Crippen molar-refractivity contribution in [1.29, 1.82) is 0 Å². The second-order valence-corrected chi connectivity index (χ2v) is 4.19. The summed E-state index contributed by atoms with van der Waals surface area (Å²) in [5.74, 6) is 0.433. The maximum absolute atomic E-state index is 9.54. The summed E-state index contributed by atoms with van der Waals surface area (Å²) in [5, 5.41) is 19.1. The molecule has 102 valence electrons. The normalized spacial score (nSPS) is 10.9. The van der Waals surface area contributed by atoms with Gasteiger partial charge in [0.1, 0.15) is 11.5 Å². The van der Waals surface area contributed by atoms with Crippen LogP contribution in [0.2, 0.25) is 0 Å². The maximum atomic E-state index is 9.54.